The van der Waals surface area contributed by atoms with E-state index < -0.39 is 6.03 Å². The van der Waals surface area contributed by atoms with E-state index in [1.165, 1.54) is 4.90 Å². The number of H-pyrrole nitrogens is 1. The Bertz CT molecular complexity index is 475. The van der Waals surface area contributed by atoms with Crippen molar-refractivity contribution in [3.63, 3.8) is 0 Å². The molecule has 0 atom stereocenters. The molecule has 2 rings (SSSR count). The second-order valence-electron chi connectivity index (χ2n) is 3.12. The summed E-state index contributed by atoms with van der Waals surface area (Å²) in [5.41, 5.74) is 6.99. The highest BCUT2D eigenvalue weighted by Gasteiger charge is 2.10. The summed E-state index contributed by atoms with van der Waals surface area (Å²) in [6.45, 7) is 0. The number of rotatable bonds is 1. The number of nitrogens with one attached hydrogen (secondary N) is 1. The minimum Gasteiger partial charge on any atom is -0.359 e. The van der Waals surface area contributed by atoms with Crippen LogP contribution in [0, 0.1) is 0 Å². The van der Waals surface area contributed by atoms with Crippen LogP contribution in [0.25, 0.3) is 10.9 Å². The number of para-hydroxylation sites is 1. The van der Waals surface area contributed by atoms with Gasteiger partial charge < -0.3 is 10.7 Å². The zero-order chi connectivity index (χ0) is 10.1. The van der Waals surface area contributed by atoms with Gasteiger partial charge in [-0.2, -0.15) is 0 Å². The first-order chi connectivity index (χ1) is 6.70. The van der Waals surface area contributed by atoms with E-state index in [0.29, 0.717) is 0 Å². The zero-order valence-corrected chi connectivity index (χ0v) is 7.82. The molecule has 0 fully saturated rings. The molecule has 0 aliphatic heterocycles. The molecule has 0 radical (unpaired) electrons. The Balaban J connectivity index is 2.58. The SMILES string of the molecule is CN(C(N)=O)c1c[nH]c2ccccc12. The molecule has 0 unspecified atom stereocenters. The molecule has 0 saturated carbocycles. The molecule has 0 aliphatic carbocycles. The smallest absolute Gasteiger partial charge is 0.319 e. The summed E-state index contributed by atoms with van der Waals surface area (Å²) in [4.78, 5) is 15.5. The van der Waals surface area contributed by atoms with E-state index in [1.54, 1.807) is 13.2 Å². The average Bonchev–Trinajstić information content (AvgIpc) is 2.60. The average molecular weight is 189 g/mol. The summed E-state index contributed by atoms with van der Waals surface area (Å²) in [6, 6.07) is 7.30. The standard InChI is InChI=1S/C10H11N3O/c1-13(10(11)14)9-6-12-8-5-3-2-4-7(8)9/h2-6,12H,1H3,(H2,11,14). The largest absolute Gasteiger partial charge is 0.359 e. The lowest BCUT2D eigenvalue weighted by atomic mass is 10.2. The maximum Gasteiger partial charge on any atom is 0.319 e. The van der Waals surface area contributed by atoms with E-state index in [-0.39, 0.29) is 0 Å². The number of hydrogen-bond donors (Lipinski definition) is 2. The lowest BCUT2D eigenvalue weighted by Crippen LogP contribution is -2.31. The van der Waals surface area contributed by atoms with E-state index in [2.05, 4.69) is 4.98 Å². The van der Waals surface area contributed by atoms with Crippen LogP contribution in [0.5, 0.6) is 0 Å². The molecule has 0 aliphatic rings. The fourth-order valence-electron chi connectivity index (χ4n) is 1.45. The summed E-state index contributed by atoms with van der Waals surface area (Å²) in [6.07, 6.45) is 1.77. The Morgan fingerprint density at radius 3 is 2.86 bits per heavy atom. The summed E-state index contributed by atoms with van der Waals surface area (Å²) >= 11 is 0. The number of carbonyl (C=O) groups is 1. The van der Waals surface area contributed by atoms with Crippen molar-refractivity contribution in [1.82, 2.24) is 4.98 Å². The molecular formula is C10H11N3O. The van der Waals surface area contributed by atoms with Crippen molar-refractivity contribution >= 4 is 22.6 Å². The molecule has 3 N–H and O–H groups in total. The molecule has 14 heavy (non-hydrogen) atoms. The third-order valence-electron chi connectivity index (χ3n) is 2.26. The van der Waals surface area contributed by atoms with Gasteiger partial charge in [0, 0.05) is 24.1 Å². The lowest BCUT2D eigenvalue weighted by Gasteiger charge is -2.12. The monoisotopic (exact) mass is 189 g/mol. The molecular weight excluding hydrogens is 178 g/mol. The van der Waals surface area contributed by atoms with Crippen LogP contribution in [-0.2, 0) is 0 Å². The van der Waals surface area contributed by atoms with Crippen molar-refractivity contribution in [2.24, 2.45) is 5.73 Å². The first-order valence-electron chi connectivity index (χ1n) is 4.29. The minimum absolute atomic E-state index is 0.463. The van der Waals surface area contributed by atoms with Gasteiger partial charge in [0.25, 0.3) is 0 Å². The zero-order valence-electron chi connectivity index (χ0n) is 7.82. The lowest BCUT2D eigenvalue weighted by molar-refractivity contribution is 0.255. The highest BCUT2D eigenvalue weighted by Crippen LogP contribution is 2.25. The fourth-order valence-corrected chi connectivity index (χ4v) is 1.45. The maximum absolute atomic E-state index is 11.0. The van der Waals surface area contributed by atoms with Crippen LogP contribution in [-0.4, -0.2) is 18.1 Å². The number of primary amides is 1. The van der Waals surface area contributed by atoms with Crippen molar-refractivity contribution in [2.75, 3.05) is 11.9 Å². The van der Waals surface area contributed by atoms with E-state index in [1.807, 2.05) is 24.3 Å². The van der Waals surface area contributed by atoms with Crippen LogP contribution in [0.1, 0.15) is 0 Å². The van der Waals surface area contributed by atoms with Gasteiger partial charge in [0.15, 0.2) is 0 Å². The number of carbonyl (C=O) groups excluding carboxylic acids is 1. The van der Waals surface area contributed by atoms with Crippen LogP contribution in [0.4, 0.5) is 10.5 Å². The molecule has 0 saturated heterocycles. The fraction of sp³-hybridized carbons (Fsp3) is 0.100. The van der Waals surface area contributed by atoms with Crippen molar-refractivity contribution in [3.05, 3.63) is 30.5 Å². The van der Waals surface area contributed by atoms with Crippen molar-refractivity contribution in [2.45, 2.75) is 0 Å². The topological polar surface area (TPSA) is 62.1 Å². The van der Waals surface area contributed by atoms with Gasteiger partial charge in [-0.25, -0.2) is 4.79 Å². The molecule has 1 aromatic heterocycles. The number of aromatic nitrogens is 1. The van der Waals surface area contributed by atoms with E-state index >= 15 is 0 Å². The van der Waals surface area contributed by atoms with Gasteiger partial charge in [-0.3, -0.25) is 4.90 Å². The number of benzene rings is 1. The molecule has 0 bridgehead atoms. The highest BCUT2D eigenvalue weighted by molar-refractivity contribution is 6.01. The predicted octanol–water partition coefficient (Wildman–Crippen LogP) is 1.68. The number of urea groups is 1. The number of nitrogens with two attached hydrogens (primary N) is 1. The quantitative estimate of drug-likeness (QED) is 0.704. The van der Waals surface area contributed by atoms with Crippen LogP contribution in [0.15, 0.2) is 30.5 Å². The van der Waals surface area contributed by atoms with Crippen LogP contribution in [0.2, 0.25) is 0 Å². The Hall–Kier alpha value is -1.97. The Labute approximate surface area is 81.3 Å². The number of aromatic amines is 1. The predicted molar refractivity (Wildman–Crippen MR) is 56.3 cm³/mol. The third-order valence-corrected chi connectivity index (χ3v) is 2.26. The third kappa shape index (κ3) is 1.21. The minimum atomic E-state index is -0.463. The van der Waals surface area contributed by atoms with Crippen LogP contribution in [0.3, 0.4) is 0 Å². The van der Waals surface area contributed by atoms with Gasteiger partial charge in [0.05, 0.1) is 5.69 Å². The van der Waals surface area contributed by atoms with E-state index in [4.69, 9.17) is 5.73 Å². The molecule has 4 heteroatoms. The van der Waals surface area contributed by atoms with Crippen LogP contribution < -0.4 is 10.6 Å². The van der Waals surface area contributed by atoms with Crippen molar-refractivity contribution < 1.29 is 4.79 Å². The van der Waals surface area contributed by atoms with Crippen LogP contribution >= 0.6 is 0 Å². The van der Waals surface area contributed by atoms with Crippen molar-refractivity contribution in [3.8, 4) is 0 Å². The number of anilines is 1. The van der Waals surface area contributed by atoms with Gasteiger partial charge in [-0.05, 0) is 6.07 Å². The molecule has 1 heterocycles. The number of fused-ring (bicyclic) bond motifs is 1. The summed E-state index contributed by atoms with van der Waals surface area (Å²) in [7, 11) is 1.65. The molecule has 4 nitrogen and oxygen atoms in total. The van der Waals surface area contributed by atoms with Gasteiger partial charge in [0.2, 0.25) is 0 Å². The summed E-state index contributed by atoms with van der Waals surface area (Å²) in [5.74, 6) is 0. The van der Waals surface area contributed by atoms with Gasteiger partial charge in [0.1, 0.15) is 0 Å². The Morgan fingerprint density at radius 1 is 1.43 bits per heavy atom. The molecule has 72 valence electrons. The van der Waals surface area contributed by atoms with Gasteiger partial charge in [-0.15, -0.1) is 0 Å². The molecule has 2 aromatic rings. The second kappa shape index (κ2) is 3.06. The second-order valence-corrected chi connectivity index (χ2v) is 3.12. The molecule has 0 spiro atoms. The molecule has 2 amide bonds. The molecule has 1 aromatic carbocycles. The highest BCUT2D eigenvalue weighted by atomic mass is 16.2. The first kappa shape index (κ1) is 8.62. The van der Waals surface area contributed by atoms with Gasteiger partial charge >= 0.3 is 6.03 Å². The van der Waals surface area contributed by atoms with E-state index in [9.17, 15) is 4.79 Å². The van der Waals surface area contributed by atoms with E-state index in [0.717, 1.165) is 16.6 Å². The number of hydrogen-bond acceptors (Lipinski definition) is 1. The summed E-state index contributed by atoms with van der Waals surface area (Å²) < 4.78 is 0. The Morgan fingerprint density at radius 2 is 2.14 bits per heavy atom. The van der Waals surface area contributed by atoms with Crippen molar-refractivity contribution in [1.29, 1.82) is 0 Å². The Kier molecular flexibility index (Phi) is 1.89. The maximum atomic E-state index is 11.0. The number of nitrogens with zero attached hydrogens (tertiary/aromatic N) is 1. The first-order valence-corrected chi connectivity index (χ1v) is 4.29. The van der Waals surface area contributed by atoms with Gasteiger partial charge in [-0.1, -0.05) is 18.2 Å². The number of amides is 2. The normalized spacial score (nSPS) is 10.4. The summed E-state index contributed by atoms with van der Waals surface area (Å²) in [5, 5.41) is 0.994.